The van der Waals surface area contributed by atoms with Gasteiger partial charge in [-0.3, -0.25) is 14.4 Å². The number of benzene rings is 2. The largest absolute Gasteiger partial charge is 0.457 e. The number of piperazine rings is 1. The van der Waals surface area contributed by atoms with Crippen LogP contribution in [0.4, 0.5) is 0 Å². The Balaban J connectivity index is 1.36. The fourth-order valence-electron chi connectivity index (χ4n) is 3.37. The van der Waals surface area contributed by atoms with Crippen LogP contribution in [0.3, 0.4) is 0 Å². The molecule has 0 N–H and O–H groups in total. The lowest BCUT2D eigenvalue weighted by atomic mass is 10.1. The fourth-order valence-corrected chi connectivity index (χ4v) is 3.37. The van der Waals surface area contributed by atoms with Crippen molar-refractivity contribution in [2.45, 2.75) is 6.54 Å². The Morgan fingerprint density at radius 2 is 1.64 bits per heavy atom. The highest BCUT2D eigenvalue weighted by atomic mass is 16.5. The summed E-state index contributed by atoms with van der Waals surface area (Å²) in [6.07, 6.45) is 3.77. The van der Waals surface area contributed by atoms with Crippen molar-refractivity contribution in [3.8, 4) is 11.5 Å². The highest BCUT2D eigenvalue weighted by Crippen LogP contribution is 2.26. The molecule has 0 spiro atoms. The van der Waals surface area contributed by atoms with Gasteiger partial charge < -0.3 is 9.64 Å². The molecule has 6 nitrogen and oxygen atoms in total. The zero-order valence-corrected chi connectivity index (χ0v) is 15.8. The van der Waals surface area contributed by atoms with Gasteiger partial charge in [0, 0.05) is 45.1 Å². The number of nitrogens with zero attached hydrogens (tertiary/aromatic N) is 4. The highest BCUT2D eigenvalue weighted by Gasteiger charge is 2.24. The molecule has 6 heteroatoms. The molecule has 3 aromatic rings. The maximum Gasteiger partial charge on any atom is 0.257 e. The minimum atomic E-state index is 0.0262. The molecule has 0 radical (unpaired) electrons. The topological polar surface area (TPSA) is 50.6 Å². The van der Waals surface area contributed by atoms with E-state index in [1.54, 1.807) is 6.20 Å². The van der Waals surface area contributed by atoms with Crippen molar-refractivity contribution in [3.05, 3.63) is 78.6 Å². The number of aromatic nitrogens is 2. The van der Waals surface area contributed by atoms with Crippen molar-refractivity contribution >= 4 is 5.91 Å². The third-order valence-electron chi connectivity index (χ3n) is 4.95. The van der Waals surface area contributed by atoms with Gasteiger partial charge in [-0.05, 0) is 30.3 Å². The zero-order valence-electron chi connectivity index (χ0n) is 15.8. The summed E-state index contributed by atoms with van der Waals surface area (Å²) in [5, 5.41) is 4.24. The summed E-state index contributed by atoms with van der Waals surface area (Å²) in [7, 11) is 0. The summed E-state index contributed by atoms with van der Waals surface area (Å²) in [4.78, 5) is 17.4. The van der Waals surface area contributed by atoms with E-state index < -0.39 is 0 Å². The molecule has 1 fully saturated rings. The number of para-hydroxylation sites is 2. The van der Waals surface area contributed by atoms with Gasteiger partial charge in [-0.25, -0.2) is 0 Å². The van der Waals surface area contributed by atoms with E-state index in [1.165, 1.54) is 0 Å². The van der Waals surface area contributed by atoms with E-state index in [0.29, 0.717) is 11.3 Å². The number of carbonyl (C=O) groups excluding carboxylic acids is 1. The lowest BCUT2D eigenvalue weighted by molar-refractivity contribution is 0.0629. The van der Waals surface area contributed by atoms with Crippen molar-refractivity contribution in [1.82, 2.24) is 19.6 Å². The first kappa shape index (κ1) is 18.3. The van der Waals surface area contributed by atoms with E-state index in [2.05, 4.69) is 10.00 Å². The van der Waals surface area contributed by atoms with E-state index >= 15 is 0 Å². The standard InChI is InChI=1S/C22H24N4O2/c27-22(20-9-4-5-10-21(20)28-19-7-2-1-3-8-19)25-16-13-24(14-17-25)15-18-26-12-6-11-23-26/h1-12H,13-18H2. The number of amides is 1. The van der Waals surface area contributed by atoms with Gasteiger partial charge in [0.1, 0.15) is 11.5 Å². The molecule has 0 unspecified atom stereocenters. The zero-order chi connectivity index (χ0) is 19.2. The number of carbonyl (C=O) groups is 1. The van der Waals surface area contributed by atoms with Gasteiger partial charge in [0.2, 0.25) is 0 Å². The Morgan fingerprint density at radius 3 is 2.39 bits per heavy atom. The molecule has 1 aromatic heterocycles. The smallest absolute Gasteiger partial charge is 0.257 e. The summed E-state index contributed by atoms with van der Waals surface area (Å²) < 4.78 is 7.89. The van der Waals surface area contributed by atoms with Crippen LogP contribution >= 0.6 is 0 Å². The van der Waals surface area contributed by atoms with Crippen molar-refractivity contribution < 1.29 is 9.53 Å². The van der Waals surface area contributed by atoms with Gasteiger partial charge >= 0.3 is 0 Å². The van der Waals surface area contributed by atoms with Crippen LogP contribution in [0, 0.1) is 0 Å². The molecule has 0 bridgehead atoms. The summed E-state index contributed by atoms with van der Waals surface area (Å²) in [6, 6.07) is 18.9. The predicted octanol–water partition coefficient (Wildman–Crippen LogP) is 3.13. The molecule has 2 aromatic carbocycles. The summed E-state index contributed by atoms with van der Waals surface area (Å²) in [5.74, 6) is 1.35. The van der Waals surface area contributed by atoms with E-state index in [0.717, 1.165) is 45.0 Å². The molecule has 1 amide bonds. The maximum atomic E-state index is 13.1. The first-order valence-electron chi connectivity index (χ1n) is 9.60. The molecule has 0 saturated carbocycles. The van der Waals surface area contributed by atoms with Gasteiger partial charge in [-0.1, -0.05) is 30.3 Å². The van der Waals surface area contributed by atoms with Gasteiger partial charge in [0.25, 0.3) is 5.91 Å². The maximum absolute atomic E-state index is 13.1. The van der Waals surface area contributed by atoms with Gasteiger partial charge in [0.05, 0.1) is 12.1 Å². The van der Waals surface area contributed by atoms with E-state index in [-0.39, 0.29) is 5.91 Å². The van der Waals surface area contributed by atoms with Crippen molar-refractivity contribution in [2.24, 2.45) is 0 Å². The van der Waals surface area contributed by atoms with Crippen LogP contribution in [0.1, 0.15) is 10.4 Å². The van der Waals surface area contributed by atoms with Gasteiger partial charge in [0.15, 0.2) is 0 Å². The van der Waals surface area contributed by atoms with E-state index in [9.17, 15) is 4.79 Å². The van der Waals surface area contributed by atoms with Crippen LogP contribution in [0.15, 0.2) is 73.1 Å². The molecule has 4 rings (SSSR count). The quantitative estimate of drug-likeness (QED) is 0.663. The Hall–Kier alpha value is -3.12. The summed E-state index contributed by atoms with van der Waals surface area (Å²) >= 11 is 0. The Kier molecular flexibility index (Phi) is 5.68. The molecule has 1 aliphatic rings. The van der Waals surface area contributed by atoms with Gasteiger partial charge in [-0.2, -0.15) is 5.10 Å². The van der Waals surface area contributed by atoms with Gasteiger partial charge in [-0.15, -0.1) is 0 Å². The average Bonchev–Trinajstić information content (AvgIpc) is 3.27. The van der Waals surface area contributed by atoms with Crippen LogP contribution in [-0.4, -0.2) is 58.2 Å². The molecule has 28 heavy (non-hydrogen) atoms. The van der Waals surface area contributed by atoms with Crippen molar-refractivity contribution in [2.75, 3.05) is 32.7 Å². The second-order valence-corrected chi connectivity index (χ2v) is 6.81. The number of hydrogen-bond donors (Lipinski definition) is 0. The Morgan fingerprint density at radius 1 is 0.893 bits per heavy atom. The SMILES string of the molecule is O=C(c1ccccc1Oc1ccccc1)N1CCN(CCn2cccn2)CC1. The molecular weight excluding hydrogens is 352 g/mol. The molecule has 1 saturated heterocycles. The van der Waals surface area contributed by atoms with E-state index in [4.69, 9.17) is 4.74 Å². The minimum Gasteiger partial charge on any atom is -0.457 e. The first-order chi connectivity index (χ1) is 13.8. The normalized spacial score (nSPS) is 14.8. The predicted molar refractivity (Wildman–Crippen MR) is 108 cm³/mol. The number of hydrogen-bond acceptors (Lipinski definition) is 4. The first-order valence-corrected chi connectivity index (χ1v) is 9.60. The van der Waals surface area contributed by atoms with E-state index in [1.807, 2.05) is 76.4 Å². The lowest BCUT2D eigenvalue weighted by Gasteiger charge is -2.35. The monoisotopic (exact) mass is 376 g/mol. The van der Waals surface area contributed by atoms with Crippen LogP contribution in [-0.2, 0) is 6.54 Å². The second-order valence-electron chi connectivity index (χ2n) is 6.81. The average molecular weight is 376 g/mol. The lowest BCUT2D eigenvalue weighted by Crippen LogP contribution is -2.49. The van der Waals surface area contributed by atoms with Crippen LogP contribution in [0.2, 0.25) is 0 Å². The van der Waals surface area contributed by atoms with Crippen molar-refractivity contribution in [3.63, 3.8) is 0 Å². The molecular formula is C22H24N4O2. The molecule has 2 heterocycles. The van der Waals surface area contributed by atoms with Crippen LogP contribution in [0.5, 0.6) is 11.5 Å². The summed E-state index contributed by atoms with van der Waals surface area (Å²) in [6.45, 7) is 4.99. The molecule has 0 aliphatic carbocycles. The van der Waals surface area contributed by atoms with Crippen LogP contribution < -0.4 is 4.74 Å². The Bertz CT molecular complexity index is 888. The minimum absolute atomic E-state index is 0.0262. The molecule has 0 atom stereocenters. The highest BCUT2D eigenvalue weighted by molar-refractivity contribution is 5.97. The molecule has 144 valence electrons. The Labute approximate surface area is 164 Å². The summed E-state index contributed by atoms with van der Waals surface area (Å²) in [5.41, 5.74) is 0.608. The third kappa shape index (κ3) is 4.40. The molecule has 1 aliphatic heterocycles. The third-order valence-corrected chi connectivity index (χ3v) is 4.95. The van der Waals surface area contributed by atoms with Crippen LogP contribution in [0.25, 0.3) is 0 Å². The fraction of sp³-hybridized carbons (Fsp3) is 0.273. The number of rotatable bonds is 6. The second kappa shape index (κ2) is 8.71. The van der Waals surface area contributed by atoms with Crippen molar-refractivity contribution in [1.29, 1.82) is 0 Å². The number of ether oxygens (including phenoxy) is 1.